The van der Waals surface area contributed by atoms with E-state index in [0.29, 0.717) is 13.1 Å². The van der Waals surface area contributed by atoms with E-state index in [-0.39, 0.29) is 11.9 Å². The zero-order chi connectivity index (χ0) is 25.8. The zero-order valence-electron chi connectivity index (χ0n) is 21.7. The largest absolute Gasteiger partial charge is 0.460 e. The first-order chi connectivity index (χ1) is 18.0. The maximum absolute atomic E-state index is 14.4. The third kappa shape index (κ3) is 5.30. The minimum Gasteiger partial charge on any atom is -0.460 e. The molecule has 1 aliphatic heterocycles. The van der Waals surface area contributed by atoms with Crippen LogP contribution in [0, 0.1) is 0 Å². The number of furan rings is 1. The van der Waals surface area contributed by atoms with Gasteiger partial charge in [-0.15, -0.1) is 0 Å². The van der Waals surface area contributed by atoms with E-state index in [1.54, 1.807) is 0 Å². The average Bonchev–Trinajstić information content (AvgIpc) is 3.34. The number of fused-ring (bicyclic) bond motifs is 1. The second kappa shape index (κ2) is 11.0. The molecule has 4 heteroatoms. The summed E-state index contributed by atoms with van der Waals surface area (Å²) >= 11 is 0. The van der Waals surface area contributed by atoms with Crippen LogP contribution < -0.4 is 0 Å². The molecule has 0 unspecified atom stereocenters. The monoisotopic (exact) mass is 490 g/mol. The van der Waals surface area contributed by atoms with Gasteiger partial charge in [0.1, 0.15) is 11.3 Å². The highest BCUT2D eigenvalue weighted by Gasteiger charge is 2.33. The first kappa shape index (κ1) is 24.8. The van der Waals surface area contributed by atoms with Crippen molar-refractivity contribution < 1.29 is 9.21 Å². The van der Waals surface area contributed by atoms with E-state index in [1.807, 2.05) is 66.4 Å². The van der Waals surface area contributed by atoms with Crippen LogP contribution in [0.3, 0.4) is 0 Å². The number of carbonyl (C=O) groups excluding carboxylic acids is 1. The molecular weight excluding hydrogens is 456 g/mol. The van der Waals surface area contributed by atoms with Crippen molar-refractivity contribution in [1.82, 2.24) is 9.80 Å². The van der Waals surface area contributed by atoms with E-state index in [2.05, 4.69) is 54.8 Å². The normalized spacial score (nSPS) is 14.4. The molecule has 1 amide bonds. The molecule has 5 rings (SSSR count). The lowest BCUT2D eigenvalue weighted by molar-refractivity contribution is -0.127. The second-order valence-electron chi connectivity index (χ2n) is 9.78. The Kier molecular flexibility index (Phi) is 7.38. The molecule has 0 fully saturated rings. The molecule has 1 aliphatic rings. The van der Waals surface area contributed by atoms with Gasteiger partial charge in [0.15, 0.2) is 0 Å². The van der Waals surface area contributed by atoms with Crippen molar-refractivity contribution in [2.75, 3.05) is 13.1 Å². The van der Waals surface area contributed by atoms with Crippen molar-refractivity contribution in [2.24, 2.45) is 0 Å². The summed E-state index contributed by atoms with van der Waals surface area (Å²) in [6.45, 7) is 10.5. The van der Waals surface area contributed by atoms with Gasteiger partial charge in [0.25, 0.3) is 5.91 Å². The van der Waals surface area contributed by atoms with Crippen LogP contribution in [0.4, 0.5) is 0 Å². The first-order valence-corrected chi connectivity index (χ1v) is 13.0. The molecular formula is C33H34N2O2. The van der Waals surface area contributed by atoms with Gasteiger partial charge in [-0.1, -0.05) is 97.9 Å². The molecule has 4 nitrogen and oxygen atoms in total. The molecule has 1 aromatic heterocycles. The van der Waals surface area contributed by atoms with Crippen LogP contribution in [0.5, 0.6) is 0 Å². The molecule has 0 bridgehead atoms. The van der Waals surface area contributed by atoms with Crippen LogP contribution in [-0.2, 0) is 11.3 Å². The number of amides is 1. The molecule has 0 radical (unpaired) electrons. The Morgan fingerprint density at radius 2 is 1.59 bits per heavy atom. The van der Waals surface area contributed by atoms with Crippen LogP contribution in [0.2, 0.25) is 0 Å². The van der Waals surface area contributed by atoms with Gasteiger partial charge in [-0.05, 0) is 43.0 Å². The van der Waals surface area contributed by atoms with E-state index in [9.17, 15) is 4.79 Å². The maximum atomic E-state index is 14.4. The molecule has 37 heavy (non-hydrogen) atoms. The van der Waals surface area contributed by atoms with Crippen molar-refractivity contribution in [3.63, 3.8) is 0 Å². The van der Waals surface area contributed by atoms with Gasteiger partial charge < -0.3 is 9.32 Å². The Morgan fingerprint density at radius 1 is 0.973 bits per heavy atom. The van der Waals surface area contributed by atoms with Crippen molar-refractivity contribution in [2.45, 2.75) is 39.3 Å². The standard InChI is InChI=1S/C33H34N2O2/c1-4-25-19-20-34(22-29-21-28-17-11-12-18-31(28)37-29)23-30(25)33(36)35(24(2)3)32(26-13-7-5-8-14-26)27-15-9-6-10-16-27/h5-18,21,32H,2,4,19-20,22-23H2,1,3H3. The van der Waals surface area contributed by atoms with Crippen molar-refractivity contribution in [3.05, 3.63) is 131 Å². The predicted octanol–water partition coefficient (Wildman–Crippen LogP) is 7.50. The van der Waals surface area contributed by atoms with Crippen molar-refractivity contribution in [3.8, 4) is 0 Å². The lowest BCUT2D eigenvalue weighted by atomic mass is 9.92. The van der Waals surface area contributed by atoms with Gasteiger partial charge in [0, 0.05) is 29.7 Å². The van der Waals surface area contributed by atoms with Crippen LogP contribution in [0.1, 0.15) is 49.6 Å². The minimum atomic E-state index is -0.247. The molecule has 0 saturated heterocycles. The van der Waals surface area contributed by atoms with E-state index < -0.39 is 0 Å². The Balaban J connectivity index is 1.47. The number of hydrogen-bond donors (Lipinski definition) is 0. The number of rotatable bonds is 8. The van der Waals surface area contributed by atoms with Gasteiger partial charge in [0.2, 0.25) is 0 Å². The van der Waals surface area contributed by atoms with Gasteiger partial charge >= 0.3 is 0 Å². The van der Waals surface area contributed by atoms with Gasteiger partial charge in [-0.2, -0.15) is 0 Å². The molecule has 0 atom stereocenters. The smallest absolute Gasteiger partial charge is 0.256 e. The quantitative estimate of drug-likeness (QED) is 0.257. The highest BCUT2D eigenvalue weighted by molar-refractivity contribution is 5.96. The summed E-state index contributed by atoms with van der Waals surface area (Å²) in [5, 5.41) is 1.11. The Labute approximate surface area is 219 Å². The van der Waals surface area contributed by atoms with Gasteiger partial charge in [0.05, 0.1) is 12.6 Å². The summed E-state index contributed by atoms with van der Waals surface area (Å²) in [7, 11) is 0. The topological polar surface area (TPSA) is 36.7 Å². The molecule has 2 heterocycles. The Hall–Kier alpha value is -3.89. The molecule has 188 valence electrons. The fourth-order valence-corrected chi connectivity index (χ4v) is 5.36. The predicted molar refractivity (Wildman–Crippen MR) is 150 cm³/mol. The van der Waals surface area contributed by atoms with E-state index >= 15 is 0 Å². The summed E-state index contributed by atoms with van der Waals surface area (Å²) in [4.78, 5) is 18.6. The fourth-order valence-electron chi connectivity index (χ4n) is 5.36. The summed E-state index contributed by atoms with van der Waals surface area (Å²) in [6, 6.07) is 30.4. The van der Waals surface area contributed by atoms with Crippen molar-refractivity contribution in [1.29, 1.82) is 0 Å². The molecule has 3 aromatic carbocycles. The molecule has 0 N–H and O–H groups in total. The fraction of sp³-hybridized carbons (Fsp3) is 0.242. The van der Waals surface area contributed by atoms with Gasteiger partial charge in [-0.3, -0.25) is 9.69 Å². The van der Waals surface area contributed by atoms with Crippen LogP contribution in [-0.4, -0.2) is 28.8 Å². The first-order valence-electron chi connectivity index (χ1n) is 13.0. The van der Waals surface area contributed by atoms with Crippen LogP contribution in [0.25, 0.3) is 11.0 Å². The molecule has 4 aromatic rings. The summed E-state index contributed by atoms with van der Waals surface area (Å²) < 4.78 is 6.09. The maximum Gasteiger partial charge on any atom is 0.256 e. The lowest BCUT2D eigenvalue weighted by Gasteiger charge is -2.37. The average molecular weight is 491 g/mol. The van der Waals surface area contributed by atoms with Crippen molar-refractivity contribution >= 4 is 16.9 Å². The number of allylic oxidation sites excluding steroid dienone is 1. The summed E-state index contributed by atoms with van der Waals surface area (Å²) in [6.07, 6.45) is 1.74. The van der Waals surface area contributed by atoms with E-state index in [1.165, 1.54) is 5.57 Å². The summed E-state index contributed by atoms with van der Waals surface area (Å²) in [5.74, 6) is 0.965. The van der Waals surface area contributed by atoms with E-state index in [0.717, 1.165) is 58.5 Å². The molecule has 0 saturated carbocycles. The highest BCUT2D eigenvalue weighted by atomic mass is 16.3. The number of hydrogen-bond acceptors (Lipinski definition) is 3. The number of nitrogens with zero attached hydrogens (tertiary/aromatic N) is 2. The summed E-state index contributed by atoms with van der Waals surface area (Å²) in [5.41, 5.74) is 5.89. The zero-order valence-corrected chi connectivity index (χ0v) is 21.7. The Morgan fingerprint density at radius 3 is 2.19 bits per heavy atom. The van der Waals surface area contributed by atoms with Gasteiger partial charge in [-0.25, -0.2) is 0 Å². The number of para-hydroxylation sites is 1. The molecule has 0 spiro atoms. The highest BCUT2D eigenvalue weighted by Crippen LogP contribution is 2.34. The number of benzene rings is 3. The lowest BCUT2D eigenvalue weighted by Crippen LogP contribution is -2.41. The third-order valence-corrected chi connectivity index (χ3v) is 7.20. The van der Waals surface area contributed by atoms with E-state index in [4.69, 9.17) is 4.42 Å². The van der Waals surface area contributed by atoms with Crippen LogP contribution in [0.15, 0.2) is 119 Å². The minimum absolute atomic E-state index is 0.0383. The SMILES string of the molecule is C=C(C)N(C(=O)C1=C(CC)CCN(Cc2cc3ccccc3o2)C1)C(c1ccccc1)c1ccccc1. The Bertz CT molecular complexity index is 1350. The number of carbonyl (C=O) groups is 1. The molecule has 0 aliphatic carbocycles. The van der Waals surface area contributed by atoms with Crippen LogP contribution >= 0.6 is 0 Å². The third-order valence-electron chi connectivity index (χ3n) is 7.20. The second-order valence-corrected chi connectivity index (χ2v) is 9.78.